The van der Waals surface area contributed by atoms with E-state index in [9.17, 15) is 4.79 Å². The van der Waals surface area contributed by atoms with Gasteiger partial charge in [0.15, 0.2) is 6.10 Å². The summed E-state index contributed by atoms with van der Waals surface area (Å²) in [6, 6.07) is 12.3. The zero-order valence-corrected chi connectivity index (χ0v) is 14.4. The molecule has 1 amide bonds. The Labute approximate surface area is 142 Å². The molecule has 0 radical (unpaired) electrons. The zero-order chi connectivity index (χ0) is 16.1. The molecular weight excluding hydrogens is 370 g/mol. The molecule has 2 aromatic rings. The molecule has 0 heterocycles. The summed E-state index contributed by atoms with van der Waals surface area (Å²) in [6.07, 6.45) is -0.637. The van der Waals surface area contributed by atoms with Gasteiger partial charge in [0.05, 0.1) is 12.1 Å². The van der Waals surface area contributed by atoms with Gasteiger partial charge in [-0.3, -0.25) is 4.79 Å². The number of carbonyl (C=O) groups is 1. The van der Waals surface area contributed by atoms with Gasteiger partial charge in [0.25, 0.3) is 5.91 Å². The van der Waals surface area contributed by atoms with Crippen molar-refractivity contribution in [1.29, 1.82) is 0 Å². The molecule has 0 saturated heterocycles. The van der Waals surface area contributed by atoms with Gasteiger partial charge < -0.3 is 14.8 Å². The summed E-state index contributed by atoms with van der Waals surface area (Å²) < 4.78 is 11.6. The number of anilines is 1. The molecule has 0 aliphatic heterocycles. The van der Waals surface area contributed by atoms with E-state index in [2.05, 4.69) is 21.2 Å². The van der Waals surface area contributed by atoms with Gasteiger partial charge in [-0.05, 0) is 49.4 Å². The topological polar surface area (TPSA) is 47.6 Å². The predicted molar refractivity (Wildman–Crippen MR) is 90.9 cm³/mol. The minimum atomic E-state index is -0.637. The van der Waals surface area contributed by atoms with Crippen LogP contribution >= 0.6 is 27.5 Å². The van der Waals surface area contributed by atoms with Crippen molar-refractivity contribution in [2.45, 2.75) is 13.0 Å². The average Bonchev–Trinajstić information content (AvgIpc) is 2.49. The second-order valence-corrected chi connectivity index (χ2v) is 5.88. The molecule has 0 saturated carbocycles. The molecule has 0 spiro atoms. The van der Waals surface area contributed by atoms with Gasteiger partial charge in [-0.1, -0.05) is 27.5 Å². The van der Waals surface area contributed by atoms with Crippen LogP contribution in [0.5, 0.6) is 11.5 Å². The maximum absolute atomic E-state index is 12.1. The van der Waals surface area contributed by atoms with E-state index >= 15 is 0 Å². The Morgan fingerprint density at radius 3 is 2.50 bits per heavy atom. The molecule has 0 unspecified atom stereocenters. The van der Waals surface area contributed by atoms with Crippen LogP contribution in [0.4, 0.5) is 5.69 Å². The van der Waals surface area contributed by atoms with Crippen LogP contribution in [0.2, 0.25) is 5.02 Å². The lowest BCUT2D eigenvalue weighted by atomic mass is 10.2. The van der Waals surface area contributed by atoms with E-state index in [0.717, 1.165) is 4.47 Å². The van der Waals surface area contributed by atoms with Gasteiger partial charge in [0.2, 0.25) is 0 Å². The minimum absolute atomic E-state index is 0.260. The van der Waals surface area contributed by atoms with E-state index in [1.165, 1.54) is 7.11 Å². The molecule has 1 N–H and O–H groups in total. The second kappa shape index (κ2) is 7.51. The molecule has 0 aliphatic carbocycles. The first kappa shape index (κ1) is 16.6. The van der Waals surface area contributed by atoms with Crippen LogP contribution in [0.25, 0.3) is 0 Å². The van der Waals surface area contributed by atoms with Crippen LogP contribution in [0, 0.1) is 0 Å². The van der Waals surface area contributed by atoms with Crippen LogP contribution in [-0.4, -0.2) is 19.1 Å². The van der Waals surface area contributed by atoms with Crippen molar-refractivity contribution in [3.05, 3.63) is 52.0 Å². The Balaban J connectivity index is 1.99. The first-order valence-electron chi connectivity index (χ1n) is 6.56. The van der Waals surface area contributed by atoms with Crippen LogP contribution in [0.15, 0.2) is 46.9 Å². The third-order valence-corrected chi connectivity index (χ3v) is 3.74. The first-order chi connectivity index (χ1) is 10.5. The number of ether oxygens (including phenoxy) is 2. The van der Waals surface area contributed by atoms with Crippen molar-refractivity contribution in [2.75, 3.05) is 12.4 Å². The van der Waals surface area contributed by atoms with Crippen molar-refractivity contribution < 1.29 is 14.3 Å². The lowest BCUT2D eigenvalue weighted by molar-refractivity contribution is -0.122. The monoisotopic (exact) mass is 383 g/mol. The molecule has 6 heteroatoms. The Kier molecular flexibility index (Phi) is 5.69. The third kappa shape index (κ3) is 4.39. The second-order valence-electron chi connectivity index (χ2n) is 4.55. The molecule has 2 rings (SSSR count). The smallest absolute Gasteiger partial charge is 0.265 e. The van der Waals surface area contributed by atoms with Gasteiger partial charge in [-0.2, -0.15) is 0 Å². The maximum Gasteiger partial charge on any atom is 0.265 e. The highest BCUT2D eigenvalue weighted by atomic mass is 79.9. The Morgan fingerprint density at radius 1 is 1.23 bits per heavy atom. The fraction of sp³-hybridized carbons (Fsp3) is 0.188. The quantitative estimate of drug-likeness (QED) is 0.824. The fourth-order valence-corrected chi connectivity index (χ4v) is 2.28. The largest absolute Gasteiger partial charge is 0.495 e. The maximum atomic E-state index is 12.1. The van der Waals surface area contributed by atoms with Crippen LogP contribution in [0.3, 0.4) is 0 Å². The number of hydrogen-bond acceptors (Lipinski definition) is 3. The number of rotatable bonds is 5. The van der Waals surface area contributed by atoms with Gasteiger partial charge in [0.1, 0.15) is 11.5 Å². The van der Waals surface area contributed by atoms with E-state index in [4.69, 9.17) is 21.1 Å². The first-order valence-corrected chi connectivity index (χ1v) is 7.73. The van der Waals surface area contributed by atoms with E-state index in [-0.39, 0.29) is 5.91 Å². The third-order valence-electron chi connectivity index (χ3n) is 2.92. The summed E-state index contributed by atoms with van der Waals surface area (Å²) in [4.78, 5) is 12.1. The molecular formula is C16H15BrClNO3. The van der Waals surface area contributed by atoms with Crippen molar-refractivity contribution >= 4 is 39.1 Å². The minimum Gasteiger partial charge on any atom is -0.495 e. The Morgan fingerprint density at radius 2 is 1.91 bits per heavy atom. The molecule has 0 bridgehead atoms. The van der Waals surface area contributed by atoms with E-state index in [1.807, 2.05) is 12.1 Å². The fourth-order valence-electron chi connectivity index (χ4n) is 1.76. The highest BCUT2D eigenvalue weighted by molar-refractivity contribution is 9.10. The number of methoxy groups -OCH3 is 1. The van der Waals surface area contributed by atoms with Gasteiger partial charge >= 0.3 is 0 Å². The van der Waals surface area contributed by atoms with E-state index in [1.54, 1.807) is 37.3 Å². The highest BCUT2D eigenvalue weighted by Gasteiger charge is 2.15. The Hall–Kier alpha value is -1.72. The zero-order valence-electron chi connectivity index (χ0n) is 12.1. The molecule has 22 heavy (non-hydrogen) atoms. The molecule has 0 fully saturated rings. The van der Waals surface area contributed by atoms with Crippen molar-refractivity contribution in [3.63, 3.8) is 0 Å². The summed E-state index contributed by atoms with van der Waals surface area (Å²) in [6.45, 7) is 1.68. The molecule has 1 atom stereocenters. The number of hydrogen-bond donors (Lipinski definition) is 1. The van der Waals surface area contributed by atoms with Crippen molar-refractivity contribution in [2.24, 2.45) is 0 Å². The van der Waals surface area contributed by atoms with Crippen LogP contribution in [-0.2, 0) is 4.79 Å². The highest BCUT2D eigenvalue weighted by Crippen LogP contribution is 2.27. The predicted octanol–water partition coefficient (Wildman–Crippen LogP) is 4.52. The molecule has 0 aliphatic rings. The lowest BCUT2D eigenvalue weighted by Gasteiger charge is -2.15. The summed E-state index contributed by atoms with van der Waals surface area (Å²) in [5.41, 5.74) is 0.585. The standard InChI is InChI=1S/C16H15BrClNO3/c1-10(22-13-6-3-11(17)4-7-13)16(20)19-12-5-8-15(21-2)14(18)9-12/h3-10H,1-2H3,(H,19,20)/t10-/m1/s1. The number of halogens is 2. The number of benzene rings is 2. The lowest BCUT2D eigenvalue weighted by Crippen LogP contribution is -2.30. The number of carbonyl (C=O) groups excluding carboxylic acids is 1. The normalized spacial score (nSPS) is 11.6. The summed E-state index contributed by atoms with van der Waals surface area (Å²) in [5, 5.41) is 3.18. The van der Waals surface area contributed by atoms with Crippen molar-refractivity contribution in [1.82, 2.24) is 0 Å². The molecule has 0 aromatic heterocycles. The molecule has 4 nitrogen and oxygen atoms in total. The SMILES string of the molecule is COc1ccc(NC(=O)[C@@H](C)Oc2ccc(Br)cc2)cc1Cl. The van der Waals surface area contributed by atoms with Gasteiger partial charge in [-0.25, -0.2) is 0 Å². The van der Waals surface area contributed by atoms with Gasteiger partial charge in [-0.15, -0.1) is 0 Å². The van der Waals surface area contributed by atoms with Crippen LogP contribution in [0.1, 0.15) is 6.92 Å². The van der Waals surface area contributed by atoms with E-state index < -0.39 is 6.10 Å². The average molecular weight is 385 g/mol. The van der Waals surface area contributed by atoms with Crippen LogP contribution < -0.4 is 14.8 Å². The number of amides is 1. The van der Waals surface area contributed by atoms with Crippen molar-refractivity contribution in [3.8, 4) is 11.5 Å². The number of nitrogens with one attached hydrogen (secondary N) is 1. The molecule has 2 aromatic carbocycles. The summed E-state index contributed by atoms with van der Waals surface area (Å²) >= 11 is 9.37. The summed E-state index contributed by atoms with van der Waals surface area (Å²) in [5.74, 6) is 0.918. The van der Waals surface area contributed by atoms with E-state index in [0.29, 0.717) is 22.2 Å². The Bertz CT molecular complexity index is 661. The van der Waals surface area contributed by atoms with Gasteiger partial charge in [0, 0.05) is 10.2 Å². The molecule has 116 valence electrons. The summed E-state index contributed by atoms with van der Waals surface area (Å²) in [7, 11) is 1.54.